The second-order valence-electron chi connectivity index (χ2n) is 3.53. The van der Waals surface area contributed by atoms with Crippen molar-refractivity contribution in [3.05, 3.63) is 28.6 Å². The van der Waals surface area contributed by atoms with E-state index in [4.69, 9.17) is 9.15 Å². The highest BCUT2D eigenvalue weighted by Gasteiger charge is 2.18. The van der Waals surface area contributed by atoms with Crippen molar-refractivity contribution in [2.24, 2.45) is 0 Å². The lowest BCUT2D eigenvalue weighted by atomic mass is 10.3. The molecule has 0 fully saturated rings. The molecular weight excluding hydrogens is 338 g/mol. The summed E-state index contributed by atoms with van der Waals surface area (Å²) in [5.74, 6) is 0.807. The minimum Gasteiger partial charge on any atom is -0.496 e. The minimum atomic E-state index is -3.78. The second-order valence-corrected chi connectivity index (χ2v) is 6.06. The van der Waals surface area contributed by atoms with Crippen LogP contribution in [0.2, 0.25) is 0 Å². The maximum Gasteiger partial charge on any atom is 0.329 e. The van der Waals surface area contributed by atoms with E-state index in [1.54, 1.807) is 6.92 Å². The third kappa shape index (κ3) is 3.04. The van der Waals surface area contributed by atoms with E-state index in [9.17, 15) is 8.42 Å². The summed E-state index contributed by atoms with van der Waals surface area (Å²) in [6.07, 6.45) is 0. The van der Waals surface area contributed by atoms with Crippen LogP contribution in [0.5, 0.6) is 5.75 Å². The van der Waals surface area contributed by atoms with Crippen molar-refractivity contribution in [1.29, 1.82) is 0 Å². The highest BCUT2D eigenvalue weighted by Crippen LogP contribution is 2.28. The molecule has 9 heteroatoms. The van der Waals surface area contributed by atoms with Gasteiger partial charge in [-0.1, -0.05) is 5.10 Å². The molecule has 1 aromatic heterocycles. The molecule has 0 aliphatic rings. The van der Waals surface area contributed by atoms with Crippen molar-refractivity contribution >= 4 is 32.0 Å². The molecule has 102 valence electrons. The third-order valence-electron chi connectivity index (χ3n) is 2.18. The summed E-state index contributed by atoms with van der Waals surface area (Å²) >= 11 is 3.22. The zero-order valence-corrected chi connectivity index (χ0v) is 12.4. The molecule has 0 aliphatic carbocycles. The largest absolute Gasteiger partial charge is 0.496 e. The first-order chi connectivity index (χ1) is 8.92. The first-order valence-electron chi connectivity index (χ1n) is 5.09. The predicted octanol–water partition coefficient (Wildman–Crippen LogP) is 1.95. The molecule has 1 N–H and O–H groups in total. The zero-order chi connectivity index (χ0) is 14.0. The van der Waals surface area contributed by atoms with Crippen molar-refractivity contribution < 1.29 is 17.6 Å². The van der Waals surface area contributed by atoms with Crippen molar-refractivity contribution in [2.45, 2.75) is 11.8 Å². The molecule has 0 amide bonds. The van der Waals surface area contributed by atoms with E-state index < -0.39 is 10.0 Å². The molecule has 0 atom stereocenters. The van der Waals surface area contributed by atoms with Crippen LogP contribution in [0.25, 0.3) is 0 Å². The van der Waals surface area contributed by atoms with Crippen LogP contribution in [0, 0.1) is 6.92 Å². The number of hydrogen-bond donors (Lipinski definition) is 1. The molecule has 2 aromatic rings. The molecule has 7 nitrogen and oxygen atoms in total. The van der Waals surface area contributed by atoms with E-state index in [1.807, 2.05) is 0 Å². The molecule has 0 aliphatic heterocycles. The van der Waals surface area contributed by atoms with Gasteiger partial charge in [-0.05, 0) is 34.1 Å². The van der Waals surface area contributed by atoms with Crippen molar-refractivity contribution in [3.8, 4) is 5.75 Å². The molecule has 1 heterocycles. The van der Waals surface area contributed by atoms with Crippen LogP contribution in [-0.4, -0.2) is 25.7 Å². The van der Waals surface area contributed by atoms with Gasteiger partial charge >= 0.3 is 6.01 Å². The van der Waals surface area contributed by atoms with Crippen LogP contribution in [0.1, 0.15) is 5.89 Å². The van der Waals surface area contributed by atoms with Crippen LogP contribution >= 0.6 is 15.9 Å². The zero-order valence-electron chi connectivity index (χ0n) is 10.0. The van der Waals surface area contributed by atoms with Gasteiger partial charge in [0.25, 0.3) is 10.0 Å². The quantitative estimate of drug-likeness (QED) is 0.908. The molecule has 0 saturated heterocycles. The van der Waals surface area contributed by atoms with Crippen LogP contribution in [-0.2, 0) is 10.0 Å². The van der Waals surface area contributed by atoms with Gasteiger partial charge in [-0.25, -0.2) is 13.1 Å². The van der Waals surface area contributed by atoms with E-state index in [-0.39, 0.29) is 16.8 Å². The Labute approximate surface area is 118 Å². The number of rotatable bonds is 4. The van der Waals surface area contributed by atoms with Gasteiger partial charge < -0.3 is 9.15 Å². The summed E-state index contributed by atoms with van der Waals surface area (Å²) in [5, 5.41) is 7.11. The normalized spacial score (nSPS) is 11.3. The number of nitrogens with one attached hydrogen (secondary N) is 1. The summed E-state index contributed by atoms with van der Waals surface area (Å²) in [7, 11) is -2.29. The summed E-state index contributed by atoms with van der Waals surface area (Å²) in [6.45, 7) is 1.56. The Kier molecular flexibility index (Phi) is 3.76. The van der Waals surface area contributed by atoms with Crippen LogP contribution in [0.15, 0.2) is 32.0 Å². The molecule has 0 unspecified atom stereocenters. The molecule has 1 aromatic carbocycles. The summed E-state index contributed by atoms with van der Waals surface area (Å²) in [6, 6.07) is 4.20. The van der Waals surface area contributed by atoms with Crippen LogP contribution < -0.4 is 9.46 Å². The van der Waals surface area contributed by atoms with E-state index in [1.165, 1.54) is 25.3 Å². The van der Waals surface area contributed by atoms with Gasteiger partial charge in [0.05, 0.1) is 16.5 Å². The lowest BCUT2D eigenvalue weighted by Gasteiger charge is -2.07. The molecule has 0 bridgehead atoms. The number of anilines is 1. The average molecular weight is 348 g/mol. The fourth-order valence-corrected chi connectivity index (χ4v) is 2.97. The molecular formula is C10H10BrN3O4S. The Morgan fingerprint density at radius 3 is 2.63 bits per heavy atom. The number of aromatic nitrogens is 2. The average Bonchev–Trinajstić information content (AvgIpc) is 2.73. The number of sulfonamides is 1. The lowest BCUT2D eigenvalue weighted by Crippen LogP contribution is -2.13. The highest BCUT2D eigenvalue weighted by molar-refractivity contribution is 9.10. The van der Waals surface area contributed by atoms with E-state index in [0.717, 1.165) is 0 Å². The highest BCUT2D eigenvalue weighted by atomic mass is 79.9. The lowest BCUT2D eigenvalue weighted by molar-refractivity contribution is 0.411. The van der Waals surface area contributed by atoms with Crippen LogP contribution in [0.4, 0.5) is 6.01 Å². The number of methoxy groups -OCH3 is 1. The standard InChI is InChI=1S/C10H10BrN3O4S/c1-6-12-13-10(18-6)14-19(15,16)7-3-4-9(17-2)8(11)5-7/h3-5H,1-2H3,(H,13,14). The van der Waals surface area contributed by atoms with Crippen molar-refractivity contribution in [2.75, 3.05) is 11.8 Å². The maximum atomic E-state index is 12.1. The van der Waals surface area contributed by atoms with Gasteiger partial charge in [0, 0.05) is 6.92 Å². The van der Waals surface area contributed by atoms with Gasteiger partial charge in [-0.15, -0.1) is 5.10 Å². The molecule has 0 spiro atoms. The Balaban J connectivity index is 2.31. The number of benzene rings is 1. The van der Waals surface area contributed by atoms with Crippen molar-refractivity contribution in [1.82, 2.24) is 10.2 Å². The third-order valence-corrected chi connectivity index (χ3v) is 4.12. The maximum absolute atomic E-state index is 12.1. The van der Waals surface area contributed by atoms with Gasteiger partial charge in [-0.2, -0.15) is 0 Å². The van der Waals surface area contributed by atoms with Gasteiger partial charge in [0.2, 0.25) is 5.89 Å². The second kappa shape index (κ2) is 5.17. The fourth-order valence-electron chi connectivity index (χ4n) is 1.33. The Morgan fingerprint density at radius 1 is 1.37 bits per heavy atom. The predicted molar refractivity (Wildman–Crippen MR) is 70.5 cm³/mol. The smallest absolute Gasteiger partial charge is 0.329 e. The number of ether oxygens (including phenoxy) is 1. The molecule has 19 heavy (non-hydrogen) atoms. The molecule has 0 saturated carbocycles. The Hall–Kier alpha value is -1.61. The van der Waals surface area contributed by atoms with Crippen LogP contribution in [0.3, 0.4) is 0 Å². The topological polar surface area (TPSA) is 94.3 Å². The number of hydrogen-bond acceptors (Lipinski definition) is 6. The minimum absolute atomic E-state index is 0.0519. The van der Waals surface area contributed by atoms with E-state index in [0.29, 0.717) is 10.2 Å². The van der Waals surface area contributed by atoms with Gasteiger partial charge in [0.15, 0.2) is 0 Å². The molecule has 2 rings (SSSR count). The summed E-state index contributed by atoms with van der Waals surface area (Å²) in [5.41, 5.74) is 0. The van der Waals surface area contributed by atoms with E-state index >= 15 is 0 Å². The van der Waals surface area contributed by atoms with Gasteiger partial charge in [-0.3, -0.25) is 0 Å². The first kappa shape index (κ1) is 13.8. The summed E-state index contributed by atoms with van der Waals surface area (Å²) in [4.78, 5) is 0.0519. The fraction of sp³-hybridized carbons (Fsp3) is 0.200. The Morgan fingerprint density at radius 2 is 2.11 bits per heavy atom. The SMILES string of the molecule is COc1ccc(S(=O)(=O)Nc2nnc(C)o2)cc1Br. The van der Waals surface area contributed by atoms with Crippen molar-refractivity contribution in [3.63, 3.8) is 0 Å². The number of aryl methyl sites for hydroxylation is 1. The van der Waals surface area contributed by atoms with Gasteiger partial charge in [0.1, 0.15) is 5.75 Å². The Bertz CT molecular complexity index is 699. The van der Waals surface area contributed by atoms with E-state index in [2.05, 4.69) is 30.8 Å². The first-order valence-corrected chi connectivity index (χ1v) is 7.36. The number of halogens is 1. The molecule has 0 radical (unpaired) electrons. The monoisotopic (exact) mass is 347 g/mol. The number of nitrogens with zero attached hydrogens (tertiary/aromatic N) is 2. The summed E-state index contributed by atoms with van der Waals surface area (Å²) < 4.78 is 36.8.